The molecule has 5 nitrogen and oxygen atoms in total. The predicted molar refractivity (Wildman–Crippen MR) is 78.2 cm³/mol. The van der Waals surface area contributed by atoms with Gasteiger partial charge < -0.3 is 19.3 Å². The van der Waals surface area contributed by atoms with Crippen molar-refractivity contribution in [2.24, 2.45) is 0 Å². The van der Waals surface area contributed by atoms with Crippen LogP contribution in [0.5, 0.6) is 11.5 Å². The van der Waals surface area contributed by atoms with E-state index in [0.717, 1.165) is 24.2 Å². The Kier molecular flexibility index (Phi) is 5.26. The van der Waals surface area contributed by atoms with Gasteiger partial charge in [0.1, 0.15) is 0 Å². The zero-order valence-corrected chi connectivity index (χ0v) is 11.9. The number of unbranched alkanes of at least 4 members (excludes halogenated alkanes) is 1. The van der Waals surface area contributed by atoms with Crippen molar-refractivity contribution in [3.63, 3.8) is 0 Å². The van der Waals surface area contributed by atoms with E-state index in [1.54, 1.807) is 12.2 Å². The summed E-state index contributed by atoms with van der Waals surface area (Å²) in [4.78, 5) is 11.0. The molecule has 0 fully saturated rings. The van der Waals surface area contributed by atoms with E-state index >= 15 is 0 Å². The van der Waals surface area contributed by atoms with E-state index in [-0.39, 0.29) is 12.6 Å². The Hall–Kier alpha value is -2.43. The van der Waals surface area contributed by atoms with Crippen LogP contribution in [0.25, 0.3) is 6.08 Å². The highest BCUT2D eigenvalue weighted by molar-refractivity contribution is 5.84. The van der Waals surface area contributed by atoms with Gasteiger partial charge in [-0.2, -0.15) is 0 Å². The average molecular weight is 290 g/mol. The molecule has 21 heavy (non-hydrogen) atoms. The second-order valence-corrected chi connectivity index (χ2v) is 4.51. The van der Waals surface area contributed by atoms with Gasteiger partial charge in [0.25, 0.3) is 0 Å². The van der Waals surface area contributed by atoms with Gasteiger partial charge >= 0.3 is 5.97 Å². The van der Waals surface area contributed by atoms with Gasteiger partial charge in [0.05, 0.1) is 6.61 Å². The molecule has 0 radical (unpaired) electrons. The first kappa shape index (κ1) is 15.0. The fourth-order valence-corrected chi connectivity index (χ4v) is 1.77. The summed E-state index contributed by atoms with van der Waals surface area (Å²) < 4.78 is 15.7. The van der Waals surface area contributed by atoms with Gasteiger partial charge in [0.2, 0.25) is 12.6 Å². The molecule has 0 atom stereocenters. The van der Waals surface area contributed by atoms with Crippen LogP contribution in [0.4, 0.5) is 0 Å². The third-order valence-electron chi connectivity index (χ3n) is 2.90. The lowest BCUT2D eigenvalue weighted by atomic mass is 10.2. The number of hydrogen-bond acceptors (Lipinski definition) is 4. The number of allylic oxidation sites excluding steroid dienone is 2. The lowest BCUT2D eigenvalue weighted by molar-refractivity contribution is -0.136. The Morgan fingerprint density at radius 2 is 2.19 bits per heavy atom. The topological polar surface area (TPSA) is 65.0 Å². The molecular weight excluding hydrogens is 272 g/mol. The quantitative estimate of drug-likeness (QED) is 0.361. The van der Waals surface area contributed by atoms with Crippen LogP contribution in [-0.2, 0) is 9.53 Å². The minimum Gasteiger partial charge on any atom is -0.487 e. The normalized spacial score (nSPS) is 13.7. The monoisotopic (exact) mass is 290 g/mol. The lowest BCUT2D eigenvalue weighted by Gasteiger charge is -2.04. The standard InChI is InChI=1S/C16H18O5/c1-2-3-9-19-14(16(17)18)6-4-5-12-7-8-13-15(10-12)21-11-20-13/h4-8,10H,2-3,9,11H2,1H3,(H,17,18). The molecule has 0 spiro atoms. The number of carboxylic acid groups (broad SMARTS) is 1. The lowest BCUT2D eigenvalue weighted by Crippen LogP contribution is -2.05. The fraction of sp³-hybridized carbons (Fsp3) is 0.312. The molecule has 1 N–H and O–H groups in total. The average Bonchev–Trinajstić information content (AvgIpc) is 2.93. The van der Waals surface area contributed by atoms with Gasteiger partial charge in [-0.1, -0.05) is 31.6 Å². The molecule has 2 rings (SSSR count). The molecule has 0 saturated carbocycles. The molecule has 5 heteroatoms. The van der Waals surface area contributed by atoms with Crippen molar-refractivity contribution in [3.8, 4) is 11.5 Å². The number of carbonyl (C=O) groups is 1. The van der Waals surface area contributed by atoms with Crippen LogP contribution in [0.1, 0.15) is 25.3 Å². The van der Waals surface area contributed by atoms with E-state index in [1.165, 1.54) is 6.08 Å². The van der Waals surface area contributed by atoms with Gasteiger partial charge in [0, 0.05) is 0 Å². The summed E-state index contributed by atoms with van der Waals surface area (Å²) in [6.45, 7) is 2.66. The Morgan fingerprint density at radius 3 is 2.95 bits per heavy atom. The van der Waals surface area contributed by atoms with Crippen LogP contribution < -0.4 is 9.47 Å². The zero-order chi connectivity index (χ0) is 15.1. The maximum atomic E-state index is 11.0. The molecular formula is C16H18O5. The van der Waals surface area contributed by atoms with E-state index in [9.17, 15) is 4.79 Å². The smallest absolute Gasteiger partial charge is 0.371 e. The van der Waals surface area contributed by atoms with Crippen LogP contribution in [-0.4, -0.2) is 24.5 Å². The molecule has 0 saturated heterocycles. The van der Waals surface area contributed by atoms with Gasteiger partial charge in [-0.25, -0.2) is 4.79 Å². The number of carboxylic acids is 1. The van der Waals surface area contributed by atoms with E-state index in [0.29, 0.717) is 12.4 Å². The highest BCUT2D eigenvalue weighted by Crippen LogP contribution is 2.32. The Bertz CT molecular complexity index is 560. The van der Waals surface area contributed by atoms with Crippen molar-refractivity contribution in [1.29, 1.82) is 0 Å². The molecule has 1 aliphatic heterocycles. The van der Waals surface area contributed by atoms with E-state index in [4.69, 9.17) is 19.3 Å². The molecule has 1 aromatic carbocycles. The van der Waals surface area contributed by atoms with E-state index in [1.807, 2.05) is 25.1 Å². The van der Waals surface area contributed by atoms with Crippen LogP contribution in [0.15, 0.2) is 36.1 Å². The van der Waals surface area contributed by atoms with Crippen molar-refractivity contribution >= 4 is 12.0 Å². The van der Waals surface area contributed by atoms with Crippen LogP contribution >= 0.6 is 0 Å². The molecule has 0 amide bonds. The summed E-state index contributed by atoms with van der Waals surface area (Å²) >= 11 is 0. The second kappa shape index (κ2) is 7.38. The largest absolute Gasteiger partial charge is 0.487 e. The van der Waals surface area contributed by atoms with E-state index < -0.39 is 5.97 Å². The summed E-state index contributed by atoms with van der Waals surface area (Å²) in [6.07, 6.45) is 6.67. The molecule has 1 heterocycles. The molecule has 1 aromatic rings. The second-order valence-electron chi connectivity index (χ2n) is 4.51. The molecule has 0 aliphatic carbocycles. The SMILES string of the molecule is CCCCOC(=CC=Cc1ccc2c(c1)OCO2)C(=O)O. The summed E-state index contributed by atoms with van der Waals surface area (Å²) in [5.41, 5.74) is 0.897. The van der Waals surface area contributed by atoms with Crippen LogP contribution in [0.2, 0.25) is 0 Å². The maximum absolute atomic E-state index is 11.0. The first-order valence-corrected chi connectivity index (χ1v) is 6.85. The third kappa shape index (κ3) is 4.27. The first-order chi connectivity index (χ1) is 10.2. The van der Waals surface area contributed by atoms with Crippen molar-refractivity contribution < 1.29 is 24.1 Å². The van der Waals surface area contributed by atoms with Gasteiger partial charge in [-0.15, -0.1) is 0 Å². The highest BCUT2D eigenvalue weighted by Gasteiger charge is 2.12. The van der Waals surface area contributed by atoms with Gasteiger partial charge in [-0.05, 0) is 30.2 Å². The summed E-state index contributed by atoms with van der Waals surface area (Å²) in [5, 5.41) is 9.03. The van der Waals surface area contributed by atoms with Crippen molar-refractivity contribution in [2.75, 3.05) is 13.4 Å². The maximum Gasteiger partial charge on any atom is 0.371 e. The van der Waals surface area contributed by atoms with Crippen molar-refractivity contribution in [3.05, 3.63) is 41.7 Å². The summed E-state index contributed by atoms with van der Waals surface area (Å²) in [6, 6.07) is 5.53. The zero-order valence-electron chi connectivity index (χ0n) is 11.9. The number of rotatable bonds is 7. The fourth-order valence-electron chi connectivity index (χ4n) is 1.77. The third-order valence-corrected chi connectivity index (χ3v) is 2.90. The number of hydrogen-bond donors (Lipinski definition) is 1. The van der Waals surface area contributed by atoms with Crippen molar-refractivity contribution in [2.45, 2.75) is 19.8 Å². The molecule has 112 valence electrons. The van der Waals surface area contributed by atoms with E-state index in [2.05, 4.69) is 0 Å². The molecule has 0 bridgehead atoms. The summed E-state index contributed by atoms with van der Waals surface area (Å²) in [7, 11) is 0. The number of benzene rings is 1. The predicted octanol–water partition coefficient (Wildman–Crippen LogP) is 3.21. The molecule has 0 aromatic heterocycles. The van der Waals surface area contributed by atoms with Crippen molar-refractivity contribution in [1.82, 2.24) is 0 Å². The Morgan fingerprint density at radius 1 is 1.38 bits per heavy atom. The highest BCUT2D eigenvalue weighted by atomic mass is 16.7. The first-order valence-electron chi connectivity index (χ1n) is 6.85. The summed E-state index contributed by atoms with van der Waals surface area (Å²) in [5.74, 6) is 0.289. The number of aliphatic carboxylic acids is 1. The van der Waals surface area contributed by atoms with Gasteiger partial charge in [-0.3, -0.25) is 0 Å². The van der Waals surface area contributed by atoms with Crippen LogP contribution in [0, 0.1) is 0 Å². The Labute approximate surface area is 123 Å². The number of ether oxygens (including phenoxy) is 3. The number of fused-ring (bicyclic) bond motifs is 1. The Balaban J connectivity index is 2.01. The molecule has 0 unspecified atom stereocenters. The van der Waals surface area contributed by atoms with Gasteiger partial charge in [0.15, 0.2) is 11.5 Å². The minimum atomic E-state index is -1.07. The molecule has 1 aliphatic rings. The minimum absolute atomic E-state index is 0.0551. The van der Waals surface area contributed by atoms with Crippen LogP contribution in [0.3, 0.4) is 0 Å².